The highest BCUT2D eigenvalue weighted by Gasteiger charge is 2.76. The van der Waals surface area contributed by atoms with Crippen LogP contribution in [0.5, 0.6) is 0 Å². The van der Waals surface area contributed by atoms with E-state index in [1.54, 1.807) is 27.6 Å². The third kappa shape index (κ3) is 5.46. The van der Waals surface area contributed by atoms with Gasteiger partial charge in [-0.05, 0) is 50.3 Å². The molecule has 3 aliphatic rings. The molecule has 3 aliphatic heterocycles. The van der Waals surface area contributed by atoms with Gasteiger partial charge >= 0.3 is 5.97 Å². The van der Waals surface area contributed by atoms with Gasteiger partial charge in [-0.2, -0.15) is 0 Å². The van der Waals surface area contributed by atoms with Crippen molar-refractivity contribution in [2.24, 2.45) is 11.8 Å². The number of amides is 2. The summed E-state index contributed by atoms with van der Waals surface area (Å²) >= 11 is 5.41. The summed E-state index contributed by atoms with van der Waals surface area (Å²) < 4.78 is 4.75. The monoisotopic (exact) mass is 618 g/mol. The fraction of sp³-hybridized carbons (Fsp3) is 0.567. The van der Waals surface area contributed by atoms with E-state index < -0.39 is 28.6 Å². The zero-order chi connectivity index (χ0) is 28.3. The smallest absolute Gasteiger partial charge is 0.311 e. The van der Waals surface area contributed by atoms with Gasteiger partial charge in [-0.1, -0.05) is 59.6 Å². The number of hydrogen-bond donors (Lipinski definition) is 1. The molecule has 1 spiro atoms. The Hall–Kier alpha value is -2.10. The first-order chi connectivity index (χ1) is 18.7. The number of aliphatic hydroxyl groups excluding tert-OH is 1. The maximum Gasteiger partial charge on any atom is 0.311 e. The lowest BCUT2D eigenvalue weighted by Gasteiger charge is -2.38. The fourth-order valence-corrected chi connectivity index (χ4v) is 10.1. The lowest BCUT2D eigenvalue weighted by atomic mass is 9.71. The lowest BCUT2D eigenvalue weighted by Crippen LogP contribution is -2.55. The highest BCUT2D eigenvalue weighted by Crippen LogP contribution is 2.68. The third-order valence-electron chi connectivity index (χ3n) is 8.18. The zero-order valence-electron chi connectivity index (χ0n) is 22.8. The number of anilines is 1. The first-order valence-electron chi connectivity index (χ1n) is 13.7. The van der Waals surface area contributed by atoms with Crippen LogP contribution in [0.15, 0.2) is 43.5 Å². The topological polar surface area (TPSA) is 87.2 Å². The zero-order valence-corrected chi connectivity index (χ0v) is 25.2. The van der Waals surface area contributed by atoms with Crippen molar-refractivity contribution in [2.45, 2.75) is 66.8 Å². The SMILES string of the molecule is C=CCOC(=O)[C@H]1[C@@H]2SC3(CC2Br)C(C(=O)N(CC=C)c2cc(C)ccc2C)N(CCCCCCO)C(=O)[C@H]13. The van der Waals surface area contributed by atoms with Gasteiger partial charge in [0.1, 0.15) is 12.6 Å². The second-order valence-corrected chi connectivity index (χ2v) is 13.5. The van der Waals surface area contributed by atoms with E-state index in [4.69, 9.17) is 9.84 Å². The second-order valence-electron chi connectivity index (χ2n) is 10.8. The van der Waals surface area contributed by atoms with Gasteiger partial charge in [0, 0.05) is 35.5 Å². The molecule has 9 heteroatoms. The summed E-state index contributed by atoms with van der Waals surface area (Å²) in [5.41, 5.74) is 2.82. The van der Waals surface area contributed by atoms with E-state index in [1.165, 1.54) is 6.08 Å². The highest BCUT2D eigenvalue weighted by molar-refractivity contribution is 9.09. The van der Waals surface area contributed by atoms with Gasteiger partial charge < -0.3 is 19.6 Å². The Labute approximate surface area is 244 Å². The molecular weight excluding hydrogens is 580 g/mol. The first-order valence-corrected chi connectivity index (χ1v) is 15.5. The lowest BCUT2D eigenvalue weighted by molar-refractivity contribution is -0.153. The number of thioether (sulfide) groups is 1. The Morgan fingerprint density at radius 2 is 1.97 bits per heavy atom. The largest absolute Gasteiger partial charge is 0.461 e. The number of nitrogens with zero attached hydrogens (tertiary/aromatic N) is 2. The number of unbranched alkanes of at least 4 members (excludes halogenated alkanes) is 3. The average molecular weight is 620 g/mol. The molecule has 0 aliphatic carbocycles. The Morgan fingerprint density at radius 1 is 1.23 bits per heavy atom. The summed E-state index contributed by atoms with van der Waals surface area (Å²) in [7, 11) is 0. The highest BCUT2D eigenvalue weighted by atomic mass is 79.9. The van der Waals surface area contributed by atoms with Gasteiger partial charge in [0.2, 0.25) is 5.91 Å². The quantitative estimate of drug-likeness (QED) is 0.151. The summed E-state index contributed by atoms with van der Waals surface area (Å²) in [4.78, 5) is 45.6. The number of hydrogen-bond acceptors (Lipinski definition) is 6. The Morgan fingerprint density at radius 3 is 2.67 bits per heavy atom. The molecule has 6 atom stereocenters. The summed E-state index contributed by atoms with van der Waals surface area (Å²) in [6.45, 7) is 12.5. The molecule has 212 valence electrons. The van der Waals surface area contributed by atoms with Crippen LogP contribution in [0.3, 0.4) is 0 Å². The predicted octanol–water partition coefficient (Wildman–Crippen LogP) is 4.57. The van der Waals surface area contributed by atoms with Crippen molar-refractivity contribution in [3.05, 3.63) is 54.6 Å². The van der Waals surface area contributed by atoms with Crippen LogP contribution in [0, 0.1) is 25.7 Å². The van der Waals surface area contributed by atoms with Gasteiger partial charge in [0.05, 0.1) is 16.6 Å². The second kappa shape index (κ2) is 12.6. The fourth-order valence-electron chi connectivity index (χ4n) is 6.50. The minimum Gasteiger partial charge on any atom is -0.461 e. The molecule has 4 rings (SSSR count). The van der Waals surface area contributed by atoms with Crippen LogP contribution in [0.1, 0.15) is 43.2 Å². The third-order valence-corrected chi connectivity index (χ3v) is 11.4. The maximum absolute atomic E-state index is 14.7. The van der Waals surface area contributed by atoms with Gasteiger partial charge in [-0.3, -0.25) is 14.4 Å². The number of likely N-dealkylation sites (tertiary alicyclic amines) is 1. The summed E-state index contributed by atoms with van der Waals surface area (Å²) in [6.07, 6.45) is 7.00. The molecule has 3 heterocycles. The molecule has 0 radical (unpaired) electrons. The van der Waals surface area contributed by atoms with E-state index in [-0.39, 0.29) is 35.1 Å². The summed E-state index contributed by atoms with van der Waals surface area (Å²) in [5.74, 6) is -1.91. The normalized spacial score (nSPS) is 28.9. The van der Waals surface area contributed by atoms with Gasteiger partial charge in [-0.25, -0.2) is 0 Å². The number of fused-ring (bicyclic) bond motifs is 1. The van der Waals surface area contributed by atoms with Crippen LogP contribution in [0.4, 0.5) is 5.69 Å². The van der Waals surface area contributed by atoms with E-state index >= 15 is 0 Å². The molecule has 1 aromatic carbocycles. The Bertz CT molecular complexity index is 1130. The van der Waals surface area contributed by atoms with Crippen LogP contribution >= 0.6 is 27.7 Å². The molecule has 0 saturated carbocycles. The van der Waals surface area contributed by atoms with Crippen LogP contribution in [0.25, 0.3) is 0 Å². The van der Waals surface area contributed by atoms with Crippen LogP contribution in [-0.4, -0.2) is 75.0 Å². The number of carbonyl (C=O) groups is 3. The molecule has 3 saturated heterocycles. The van der Waals surface area contributed by atoms with E-state index in [9.17, 15) is 14.4 Å². The number of aryl methyl sites for hydroxylation is 2. The van der Waals surface area contributed by atoms with E-state index in [2.05, 4.69) is 29.1 Å². The van der Waals surface area contributed by atoms with E-state index in [0.717, 1.165) is 36.1 Å². The molecule has 1 N–H and O–H groups in total. The summed E-state index contributed by atoms with van der Waals surface area (Å²) in [6, 6.07) is 5.32. The molecular formula is C30H39BrN2O5S. The van der Waals surface area contributed by atoms with E-state index in [0.29, 0.717) is 25.9 Å². The van der Waals surface area contributed by atoms with Crippen LogP contribution in [0.2, 0.25) is 0 Å². The molecule has 0 aromatic heterocycles. The number of benzene rings is 1. The maximum atomic E-state index is 14.7. The number of ether oxygens (including phenoxy) is 1. The molecule has 1 aromatic rings. The van der Waals surface area contributed by atoms with Gasteiger partial charge in [0.15, 0.2) is 0 Å². The first kappa shape index (κ1) is 29.9. The van der Waals surface area contributed by atoms with Crippen molar-refractivity contribution in [2.75, 3.05) is 31.2 Å². The molecule has 3 fully saturated rings. The van der Waals surface area contributed by atoms with Crippen molar-refractivity contribution in [1.29, 1.82) is 0 Å². The van der Waals surface area contributed by atoms with Crippen molar-refractivity contribution in [1.82, 2.24) is 4.90 Å². The Kier molecular flexibility index (Phi) is 9.65. The minimum absolute atomic E-state index is 0.0128. The number of esters is 1. The van der Waals surface area contributed by atoms with Gasteiger partial charge in [-0.15, -0.1) is 18.3 Å². The molecule has 3 unspecified atom stereocenters. The van der Waals surface area contributed by atoms with Crippen molar-refractivity contribution in [3.63, 3.8) is 0 Å². The number of halogens is 1. The number of aliphatic hydroxyl groups is 1. The van der Waals surface area contributed by atoms with Crippen LogP contribution < -0.4 is 4.90 Å². The number of alkyl halides is 1. The molecule has 2 amide bonds. The minimum atomic E-state index is -0.729. The number of carbonyl (C=O) groups excluding carboxylic acids is 3. The Balaban J connectivity index is 1.75. The number of rotatable bonds is 13. The van der Waals surface area contributed by atoms with Crippen molar-refractivity contribution < 1.29 is 24.2 Å². The van der Waals surface area contributed by atoms with Crippen molar-refractivity contribution >= 4 is 51.2 Å². The summed E-state index contributed by atoms with van der Waals surface area (Å²) in [5, 5.41) is 9.02. The average Bonchev–Trinajstić information content (AvgIpc) is 3.50. The predicted molar refractivity (Wildman–Crippen MR) is 159 cm³/mol. The molecule has 2 bridgehead atoms. The van der Waals surface area contributed by atoms with Gasteiger partial charge in [0.25, 0.3) is 5.91 Å². The molecule has 7 nitrogen and oxygen atoms in total. The molecule has 39 heavy (non-hydrogen) atoms. The standard InChI is InChI=1S/C30H39BrN2O5S/c1-5-13-32(22-17-19(3)11-12-20(22)4)28(36)26-30-18-21(31)25(39-30)23(29(37)38-16-6-2)24(30)27(35)33(26)14-9-7-8-10-15-34/h5-6,11-12,17,21,23-26,34H,1-2,7-10,13-16,18H2,3-4H3/t21?,23-,24+,25-,26?,30?/m1/s1. The van der Waals surface area contributed by atoms with Crippen LogP contribution in [-0.2, 0) is 19.1 Å². The van der Waals surface area contributed by atoms with Crippen molar-refractivity contribution in [3.8, 4) is 0 Å². The van der Waals surface area contributed by atoms with E-state index in [1.807, 2.05) is 32.0 Å².